The zero-order chi connectivity index (χ0) is 17.9. The fraction of sp³-hybridized carbons (Fsp3) is 0.615. The molecule has 0 N–H and O–H groups in total. The maximum absolute atomic E-state index is 12.3. The third kappa shape index (κ3) is 3.51. The first-order chi connectivity index (χ1) is 11.3. The number of phosphoric acid groups is 1. The minimum Gasteiger partial charge on any atom is -0.322 e. The van der Waals surface area contributed by atoms with Crippen molar-refractivity contribution in [2.24, 2.45) is 14.1 Å². The number of phosphoric ester groups is 1. The standard InChI is InChI=1S/C13H21N4O6P/c1-5-21-24(20,22-6-2)23-8-7-17-9-14-11-10(17)12(18)16(4)13(19)15(11)3/h9H,5-8H2,1-4H3. The van der Waals surface area contributed by atoms with E-state index in [1.165, 1.54) is 25.0 Å². The molecule has 0 spiro atoms. The maximum atomic E-state index is 12.3. The van der Waals surface area contributed by atoms with Crippen LogP contribution in [0.3, 0.4) is 0 Å². The van der Waals surface area contributed by atoms with E-state index in [0.717, 1.165) is 4.57 Å². The van der Waals surface area contributed by atoms with Crippen molar-refractivity contribution in [3.8, 4) is 0 Å². The smallest absolute Gasteiger partial charge is 0.322 e. The summed E-state index contributed by atoms with van der Waals surface area (Å²) in [5.74, 6) is 0. The van der Waals surface area contributed by atoms with Gasteiger partial charge in [0.25, 0.3) is 5.56 Å². The topological polar surface area (TPSA) is 107 Å². The Kier molecular flexibility index (Phi) is 5.76. The molecule has 2 rings (SSSR count). The van der Waals surface area contributed by atoms with Gasteiger partial charge in [0.15, 0.2) is 11.2 Å². The van der Waals surface area contributed by atoms with Crippen LogP contribution < -0.4 is 11.2 Å². The molecule has 0 atom stereocenters. The first-order valence-electron chi connectivity index (χ1n) is 7.49. The van der Waals surface area contributed by atoms with E-state index in [9.17, 15) is 14.2 Å². The van der Waals surface area contributed by atoms with Gasteiger partial charge in [-0.1, -0.05) is 0 Å². The van der Waals surface area contributed by atoms with Gasteiger partial charge in [-0.2, -0.15) is 0 Å². The molecule has 11 heteroatoms. The van der Waals surface area contributed by atoms with Crippen LogP contribution in [0.2, 0.25) is 0 Å². The van der Waals surface area contributed by atoms with E-state index in [1.54, 1.807) is 18.4 Å². The third-order valence-corrected chi connectivity index (χ3v) is 5.02. The van der Waals surface area contributed by atoms with E-state index in [-0.39, 0.29) is 37.5 Å². The molecule has 0 radical (unpaired) electrons. The zero-order valence-corrected chi connectivity index (χ0v) is 15.0. The number of rotatable bonds is 8. The molecule has 134 valence electrons. The average molecular weight is 360 g/mol. The molecule has 0 unspecified atom stereocenters. The van der Waals surface area contributed by atoms with E-state index < -0.39 is 19.1 Å². The molecule has 0 saturated carbocycles. The molecule has 0 aromatic carbocycles. The number of aryl methyl sites for hydroxylation is 1. The molecule has 0 aliphatic rings. The highest BCUT2D eigenvalue weighted by molar-refractivity contribution is 7.48. The molecule has 2 aromatic heterocycles. The number of imidazole rings is 1. The summed E-state index contributed by atoms with van der Waals surface area (Å²) in [6, 6.07) is 0. The quantitative estimate of drug-likeness (QED) is 0.636. The van der Waals surface area contributed by atoms with Crippen molar-refractivity contribution in [1.82, 2.24) is 18.7 Å². The summed E-state index contributed by atoms with van der Waals surface area (Å²) < 4.78 is 31.4. The summed E-state index contributed by atoms with van der Waals surface area (Å²) in [6.07, 6.45) is 1.43. The molecule has 0 bridgehead atoms. The van der Waals surface area contributed by atoms with Gasteiger partial charge in [0.2, 0.25) is 0 Å². The van der Waals surface area contributed by atoms with Gasteiger partial charge in [-0.25, -0.2) is 14.3 Å². The molecule has 0 aliphatic heterocycles. The van der Waals surface area contributed by atoms with Gasteiger partial charge >= 0.3 is 13.5 Å². The second kappa shape index (κ2) is 7.43. The van der Waals surface area contributed by atoms with Gasteiger partial charge in [0.1, 0.15) is 0 Å². The highest BCUT2D eigenvalue weighted by Crippen LogP contribution is 2.49. The number of fused-ring (bicyclic) bond motifs is 1. The zero-order valence-electron chi connectivity index (χ0n) is 14.1. The average Bonchev–Trinajstić information content (AvgIpc) is 2.95. The molecule has 0 amide bonds. The second-order valence-corrected chi connectivity index (χ2v) is 6.60. The lowest BCUT2D eigenvalue weighted by molar-refractivity contribution is 0.119. The summed E-state index contributed by atoms with van der Waals surface area (Å²) >= 11 is 0. The lowest BCUT2D eigenvalue weighted by atomic mass is 10.5. The van der Waals surface area contributed by atoms with E-state index >= 15 is 0 Å². The Bertz CT molecular complexity index is 873. The van der Waals surface area contributed by atoms with Crippen LogP contribution in [0.5, 0.6) is 0 Å². The van der Waals surface area contributed by atoms with Crippen molar-refractivity contribution < 1.29 is 18.1 Å². The lowest BCUT2D eigenvalue weighted by Crippen LogP contribution is -2.37. The minimum absolute atomic E-state index is 0.00523. The normalized spacial score (nSPS) is 12.2. The Hall–Kier alpha value is -1.74. The Morgan fingerprint density at radius 2 is 1.71 bits per heavy atom. The van der Waals surface area contributed by atoms with Crippen LogP contribution in [0.4, 0.5) is 0 Å². The number of hydrogen-bond donors (Lipinski definition) is 0. The van der Waals surface area contributed by atoms with Crippen molar-refractivity contribution in [1.29, 1.82) is 0 Å². The third-order valence-electron chi connectivity index (χ3n) is 3.37. The fourth-order valence-corrected chi connectivity index (χ4v) is 3.41. The van der Waals surface area contributed by atoms with Gasteiger partial charge in [-0.05, 0) is 13.8 Å². The van der Waals surface area contributed by atoms with Crippen molar-refractivity contribution >= 4 is 19.0 Å². The van der Waals surface area contributed by atoms with E-state index in [1.807, 2.05) is 0 Å². The lowest BCUT2D eigenvalue weighted by Gasteiger charge is -2.16. The molecule has 0 saturated heterocycles. The molecule has 2 aromatic rings. The monoisotopic (exact) mass is 360 g/mol. The largest absolute Gasteiger partial charge is 0.474 e. The van der Waals surface area contributed by atoms with Crippen molar-refractivity contribution in [2.75, 3.05) is 19.8 Å². The van der Waals surface area contributed by atoms with Crippen LogP contribution >= 0.6 is 7.82 Å². The second-order valence-electron chi connectivity index (χ2n) is 4.93. The summed E-state index contributed by atoms with van der Waals surface area (Å²) in [5, 5.41) is 0. The van der Waals surface area contributed by atoms with Gasteiger partial charge in [0.05, 0.1) is 26.1 Å². The summed E-state index contributed by atoms with van der Waals surface area (Å²) in [4.78, 5) is 28.3. The van der Waals surface area contributed by atoms with Crippen molar-refractivity contribution in [2.45, 2.75) is 20.4 Å². The number of nitrogens with zero attached hydrogens (tertiary/aromatic N) is 4. The van der Waals surface area contributed by atoms with Crippen LogP contribution in [-0.2, 0) is 38.8 Å². The predicted molar refractivity (Wildman–Crippen MR) is 87.0 cm³/mol. The summed E-state index contributed by atoms with van der Waals surface area (Å²) in [7, 11) is -0.672. The van der Waals surface area contributed by atoms with Crippen LogP contribution in [-0.4, -0.2) is 38.5 Å². The predicted octanol–water partition coefficient (Wildman–Crippen LogP) is 0.631. The first-order valence-corrected chi connectivity index (χ1v) is 8.95. The van der Waals surface area contributed by atoms with Gasteiger partial charge < -0.3 is 4.57 Å². The molecule has 2 heterocycles. The summed E-state index contributed by atoms with van der Waals surface area (Å²) in [6.45, 7) is 3.94. The molecule has 0 aliphatic carbocycles. The molecular formula is C13H21N4O6P. The van der Waals surface area contributed by atoms with E-state index in [0.29, 0.717) is 0 Å². The van der Waals surface area contributed by atoms with Crippen LogP contribution in [0.1, 0.15) is 13.8 Å². The SMILES string of the molecule is CCOP(=O)(OCC)OCCn1cnc2c1c(=O)n(C)c(=O)n2C. The number of aromatic nitrogens is 4. The van der Waals surface area contributed by atoms with Gasteiger partial charge in [-0.15, -0.1) is 0 Å². The van der Waals surface area contributed by atoms with Crippen LogP contribution in [0, 0.1) is 0 Å². The van der Waals surface area contributed by atoms with E-state index in [4.69, 9.17) is 13.6 Å². The molecule has 0 fully saturated rings. The summed E-state index contributed by atoms with van der Waals surface area (Å²) in [5.41, 5.74) is -0.360. The molecule has 24 heavy (non-hydrogen) atoms. The Morgan fingerprint density at radius 1 is 1.08 bits per heavy atom. The number of hydrogen-bond acceptors (Lipinski definition) is 7. The fourth-order valence-electron chi connectivity index (χ4n) is 2.25. The van der Waals surface area contributed by atoms with Crippen molar-refractivity contribution in [3.05, 3.63) is 27.2 Å². The molecule has 10 nitrogen and oxygen atoms in total. The first kappa shape index (κ1) is 18.6. The van der Waals surface area contributed by atoms with Crippen LogP contribution in [0.25, 0.3) is 11.2 Å². The molecular weight excluding hydrogens is 339 g/mol. The maximum Gasteiger partial charge on any atom is 0.474 e. The Labute approximate surface area is 138 Å². The van der Waals surface area contributed by atoms with Gasteiger partial charge in [-0.3, -0.25) is 27.5 Å². The van der Waals surface area contributed by atoms with Crippen molar-refractivity contribution in [3.63, 3.8) is 0 Å². The highest BCUT2D eigenvalue weighted by atomic mass is 31.2. The van der Waals surface area contributed by atoms with Crippen LogP contribution in [0.15, 0.2) is 15.9 Å². The van der Waals surface area contributed by atoms with E-state index in [2.05, 4.69) is 4.98 Å². The Morgan fingerprint density at radius 3 is 2.29 bits per heavy atom. The van der Waals surface area contributed by atoms with Gasteiger partial charge in [0, 0.05) is 20.6 Å². The Balaban J connectivity index is 2.24. The minimum atomic E-state index is -3.61. The highest BCUT2D eigenvalue weighted by Gasteiger charge is 2.25.